The maximum Gasteiger partial charge on any atom is 0.191 e. The lowest BCUT2D eigenvalue weighted by molar-refractivity contribution is 0.162. The first-order chi connectivity index (χ1) is 15.0. The topological polar surface area (TPSA) is 42.9 Å². The van der Waals surface area contributed by atoms with Crippen LogP contribution >= 0.6 is 24.0 Å². The summed E-state index contributed by atoms with van der Waals surface area (Å²) >= 11 is 0. The SMILES string of the molecule is CCNC(=NCC1CCCN(CC(C)C)C1)NC1CCN(Cc2ccc(F)cc2)CC1.I. The van der Waals surface area contributed by atoms with E-state index < -0.39 is 0 Å². The molecular weight excluding hydrogens is 516 g/mol. The van der Waals surface area contributed by atoms with Crippen LogP contribution in [-0.2, 0) is 6.54 Å². The van der Waals surface area contributed by atoms with Crippen LogP contribution in [0.25, 0.3) is 0 Å². The highest BCUT2D eigenvalue weighted by molar-refractivity contribution is 14.0. The van der Waals surface area contributed by atoms with Gasteiger partial charge in [-0.3, -0.25) is 9.89 Å². The Morgan fingerprint density at radius 1 is 1.09 bits per heavy atom. The molecule has 2 N–H and O–H groups in total. The summed E-state index contributed by atoms with van der Waals surface area (Å²) in [5.74, 6) is 2.21. The number of nitrogens with one attached hydrogen (secondary N) is 2. The molecule has 2 heterocycles. The number of likely N-dealkylation sites (tertiary alicyclic amines) is 2. The number of benzene rings is 1. The predicted molar refractivity (Wildman–Crippen MR) is 143 cm³/mol. The van der Waals surface area contributed by atoms with E-state index in [1.807, 2.05) is 12.1 Å². The maximum absolute atomic E-state index is 13.1. The Hall–Kier alpha value is -0.930. The minimum Gasteiger partial charge on any atom is -0.357 e. The number of rotatable bonds is 8. The molecule has 0 amide bonds. The zero-order chi connectivity index (χ0) is 22.1. The van der Waals surface area contributed by atoms with E-state index in [1.54, 1.807) is 12.1 Å². The average molecular weight is 560 g/mol. The molecule has 1 unspecified atom stereocenters. The van der Waals surface area contributed by atoms with Crippen molar-refractivity contribution in [3.63, 3.8) is 0 Å². The minimum absolute atomic E-state index is 0. The molecular formula is C25H43FIN5. The smallest absolute Gasteiger partial charge is 0.191 e. The van der Waals surface area contributed by atoms with Crippen LogP contribution in [0.2, 0.25) is 0 Å². The largest absolute Gasteiger partial charge is 0.357 e. The molecule has 0 radical (unpaired) electrons. The van der Waals surface area contributed by atoms with Crippen LogP contribution in [0.3, 0.4) is 0 Å². The first-order valence-electron chi connectivity index (χ1n) is 12.3. The van der Waals surface area contributed by atoms with Crippen molar-refractivity contribution in [2.75, 3.05) is 45.8 Å². The quantitative estimate of drug-likeness (QED) is 0.283. The molecule has 3 rings (SSSR count). The van der Waals surface area contributed by atoms with Crippen LogP contribution < -0.4 is 10.6 Å². The summed E-state index contributed by atoms with van der Waals surface area (Å²) < 4.78 is 13.1. The standard InChI is InChI=1S/C25H42FN5.HI/c1-4-27-25(28-16-22-6-5-13-31(19-22)17-20(2)3)29-24-11-14-30(15-12-24)18-21-7-9-23(26)10-8-21;/h7-10,20,22,24H,4-6,11-19H2,1-3H3,(H2,27,28,29);1H. The maximum atomic E-state index is 13.1. The molecule has 0 aliphatic carbocycles. The van der Waals surface area contributed by atoms with Crippen molar-refractivity contribution in [1.29, 1.82) is 0 Å². The number of guanidine groups is 1. The van der Waals surface area contributed by atoms with Crippen molar-refractivity contribution < 1.29 is 4.39 Å². The summed E-state index contributed by atoms with van der Waals surface area (Å²) in [6.45, 7) is 15.2. The fourth-order valence-electron chi connectivity index (χ4n) is 4.80. The molecule has 32 heavy (non-hydrogen) atoms. The number of nitrogens with zero attached hydrogens (tertiary/aromatic N) is 3. The van der Waals surface area contributed by atoms with E-state index in [4.69, 9.17) is 4.99 Å². The Balaban J connectivity index is 0.00000363. The van der Waals surface area contributed by atoms with Gasteiger partial charge in [0.1, 0.15) is 5.82 Å². The molecule has 0 spiro atoms. The highest BCUT2D eigenvalue weighted by atomic mass is 127. The minimum atomic E-state index is -0.164. The van der Waals surface area contributed by atoms with E-state index in [9.17, 15) is 4.39 Å². The molecule has 2 aliphatic rings. The molecule has 0 aromatic heterocycles. The number of halogens is 2. The third-order valence-corrected chi connectivity index (χ3v) is 6.33. The summed E-state index contributed by atoms with van der Waals surface area (Å²) in [5.41, 5.74) is 1.18. The fourth-order valence-corrected chi connectivity index (χ4v) is 4.80. The number of hydrogen-bond acceptors (Lipinski definition) is 3. The Labute approximate surface area is 211 Å². The molecule has 1 atom stereocenters. The monoisotopic (exact) mass is 559 g/mol. The molecule has 1 aromatic rings. The normalized spacial score (nSPS) is 21.4. The fraction of sp³-hybridized carbons (Fsp3) is 0.720. The second kappa shape index (κ2) is 14.4. The zero-order valence-electron chi connectivity index (χ0n) is 20.2. The molecule has 2 fully saturated rings. The highest BCUT2D eigenvalue weighted by Crippen LogP contribution is 2.18. The molecule has 1 aromatic carbocycles. The zero-order valence-corrected chi connectivity index (χ0v) is 22.5. The Morgan fingerprint density at radius 2 is 1.81 bits per heavy atom. The van der Waals surface area contributed by atoms with Crippen molar-refractivity contribution in [3.8, 4) is 0 Å². The van der Waals surface area contributed by atoms with Crippen LogP contribution in [-0.4, -0.2) is 67.6 Å². The molecule has 0 bridgehead atoms. The van der Waals surface area contributed by atoms with E-state index in [2.05, 4.69) is 41.2 Å². The van der Waals surface area contributed by atoms with Gasteiger partial charge in [-0.2, -0.15) is 0 Å². The first kappa shape index (κ1) is 27.3. The Morgan fingerprint density at radius 3 is 2.47 bits per heavy atom. The third-order valence-electron chi connectivity index (χ3n) is 6.33. The summed E-state index contributed by atoms with van der Waals surface area (Å²) in [6, 6.07) is 7.35. The van der Waals surface area contributed by atoms with Gasteiger partial charge in [0.15, 0.2) is 5.96 Å². The lowest BCUT2D eigenvalue weighted by Gasteiger charge is -2.34. The number of hydrogen-bond donors (Lipinski definition) is 2. The van der Waals surface area contributed by atoms with Crippen LogP contribution in [0.4, 0.5) is 4.39 Å². The van der Waals surface area contributed by atoms with Gasteiger partial charge in [0.2, 0.25) is 0 Å². The molecule has 0 saturated carbocycles. The van der Waals surface area contributed by atoms with E-state index >= 15 is 0 Å². The van der Waals surface area contributed by atoms with E-state index in [0.29, 0.717) is 12.0 Å². The number of piperidine rings is 2. The van der Waals surface area contributed by atoms with E-state index in [-0.39, 0.29) is 29.8 Å². The Bertz CT molecular complexity index is 673. The summed E-state index contributed by atoms with van der Waals surface area (Å²) in [7, 11) is 0. The molecule has 7 heteroatoms. The van der Waals surface area contributed by atoms with Crippen LogP contribution in [0.15, 0.2) is 29.3 Å². The summed E-state index contributed by atoms with van der Waals surface area (Å²) in [6.07, 6.45) is 4.80. The van der Waals surface area contributed by atoms with E-state index in [1.165, 1.54) is 38.0 Å². The number of aliphatic imine (C=N–C) groups is 1. The van der Waals surface area contributed by atoms with Crippen molar-refractivity contribution in [2.24, 2.45) is 16.8 Å². The van der Waals surface area contributed by atoms with Gasteiger partial charge in [-0.15, -0.1) is 24.0 Å². The predicted octanol–water partition coefficient (Wildman–Crippen LogP) is 4.33. The van der Waals surface area contributed by atoms with Crippen molar-refractivity contribution >= 4 is 29.9 Å². The van der Waals surface area contributed by atoms with Gasteiger partial charge in [-0.25, -0.2) is 4.39 Å². The lowest BCUT2D eigenvalue weighted by atomic mass is 9.97. The molecule has 2 saturated heterocycles. The van der Waals surface area contributed by atoms with Crippen LogP contribution in [0.5, 0.6) is 0 Å². The van der Waals surface area contributed by atoms with Gasteiger partial charge in [-0.05, 0) is 68.7 Å². The third kappa shape index (κ3) is 9.51. The van der Waals surface area contributed by atoms with Crippen LogP contribution in [0.1, 0.15) is 52.0 Å². The van der Waals surface area contributed by atoms with Gasteiger partial charge >= 0.3 is 0 Å². The van der Waals surface area contributed by atoms with Gasteiger partial charge in [0, 0.05) is 51.9 Å². The Kier molecular flexibility index (Phi) is 12.3. The summed E-state index contributed by atoms with van der Waals surface area (Å²) in [5, 5.41) is 7.13. The van der Waals surface area contributed by atoms with Gasteiger partial charge in [0.05, 0.1) is 0 Å². The van der Waals surface area contributed by atoms with Crippen molar-refractivity contribution in [3.05, 3.63) is 35.6 Å². The van der Waals surface area contributed by atoms with Crippen molar-refractivity contribution in [1.82, 2.24) is 20.4 Å². The van der Waals surface area contributed by atoms with Gasteiger partial charge < -0.3 is 15.5 Å². The second-order valence-electron chi connectivity index (χ2n) is 9.70. The highest BCUT2D eigenvalue weighted by Gasteiger charge is 2.22. The van der Waals surface area contributed by atoms with Crippen LogP contribution in [0, 0.1) is 17.7 Å². The molecule has 182 valence electrons. The first-order valence-corrected chi connectivity index (χ1v) is 12.3. The van der Waals surface area contributed by atoms with E-state index in [0.717, 1.165) is 57.4 Å². The van der Waals surface area contributed by atoms with Gasteiger partial charge in [0.25, 0.3) is 0 Å². The lowest BCUT2D eigenvalue weighted by Crippen LogP contribution is -2.48. The second-order valence-corrected chi connectivity index (χ2v) is 9.70. The van der Waals surface area contributed by atoms with Crippen molar-refractivity contribution in [2.45, 2.75) is 59.0 Å². The summed E-state index contributed by atoms with van der Waals surface area (Å²) in [4.78, 5) is 10.0. The van der Waals surface area contributed by atoms with Gasteiger partial charge in [-0.1, -0.05) is 26.0 Å². The average Bonchev–Trinajstić information content (AvgIpc) is 2.75. The molecule has 5 nitrogen and oxygen atoms in total. The molecule has 2 aliphatic heterocycles.